The Balaban J connectivity index is 2.26. The van der Waals surface area contributed by atoms with E-state index in [0.29, 0.717) is 17.1 Å². The molecule has 0 bridgehead atoms. The van der Waals surface area contributed by atoms with Crippen molar-refractivity contribution in [1.29, 1.82) is 0 Å². The minimum atomic E-state index is 0.619. The van der Waals surface area contributed by atoms with Crippen molar-refractivity contribution in [2.45, 2.75) is 65.8 Å². The van der Waals surface area contributed by atoms with Crippen molar-refractivity contribution in [2.24, 2.45) is 5.92 Å². The third-order valence-electron chi connectivity index (χ3n) is 3.79. The Morgan fingerprint density at radius 2 is 2.00 bits per heavy atom. The van der Waals surface area contributed by atoms with E-state index in [-0.39, 0.29) is 0 Å². The van der Waals surface area contributed by atoms with Gasteiger partial charge in [0.1, 0.15) is 16.8 Å². The average Bonchev–Trinajstić information content (AvgIpc) is 3.19. The lowest BCUT2D eigenvalue weighted by atomic mass is 10.1. The SMILES string of the molecule is CCCc1nc(Cl)c(C)c(N(CCC(C)C)C2CC2)n1. The average molecular weight is 296 g/mol. The van der Waals surface area contributed by atoms with Crippen molar-refractivity contribution >= 4 is 17.4 Å². The van der Waals surface area contributed by atoms with E-state index in [1.165, 1.54) is 19.3 Å². The number of aromatic nitrogens is 2. The third-order valence-corrected chi connectivity index (χ3v) is 4.16. The molecule has 0 N–H and O–H groups in total. The molecule has 3 nitrogen and oxygen atoms in total. The van der Waals surface area contributed by atoms with Gasteiger partial charge in [0.15, 0.2) is 0 Å². The minimum absolute atomic E-state index is 0.619. The first-order valence-corrected chi connectivity index (χ1v) is 8.20. The summed E-state index contributed by atoms with van der Waals surface area (Å²) in [5.41, 5.74) is 1.03. The smallest absolute Gasteiger partial charge is 0.137 e. The zero-order chi connectivity index (χ0) is 14.7. The van der Waals surface area contributed by atoms with Gasteiger partial charge in [-0.2, -0.15) is 0 Å². The van der Waals surface area contributed by atoms with Gasteiger partial charge in [-0.15, -0.1) is 0 Å². The van der Waals surface area contributed by atoms with Crippen LogP contribution in [0.3, 0.4) is 0 Å². The fraction of sp³-hybridized carbons (Fsp3) is 0.750. The molecule has 1 aliphatic carbocycles. The van der Waals surface area contributed by atoms with Crippen LogP contribution in [0.2, 0.25) is 5.15 Å². The van der Waals surface area contributed by atoms with E-state index in [4.69, 9.17) is 16.6 Å². The number of halogens is 1. The molecule has 1 fully saturated rings. The van der Waals surface area contributed by atoms with Gasteiger partial charge in [-0.05, 0) is 38.5 Å². The molecule has 2 rings (SSSR count). The molecule has 1 aromatic rings. The number of hydrogen-bond donors (Lipinski definition) is 0. The highest BCUT2D eigenvalue weighted by molar-refractivity contribution is 6.30. The normalized spacial score (nSPS) is 14.9. The van der Waals surface area contributed by atoms with Crippen LogP contribution >= 0.6 is 11.6 Å². The predicted molar refractivity (Wildman–Crippen MR) is 85.6 cm³/mol. The molecule has 0 spiro atoms. The molecule has 0 saturated heterocycles. The Kier molecular flexibility index (Phi) is 5.25. The van der Waals surface area contributed by atoms with Gasteiger partial charge in [0.25, 0.3) is 0 Å². The highest BCUT2D eigenvalue weighted by atomic mass is 35.5. The summed E-state index contributed by atoms with van der Waals surface area (Å²) in [4.78, 5) is 11.7. The van der Waals surface area contributed by atoms with Crippen molar-refractivity contribution in [3.05, 3.63) is 16.5 Å². The van der Waals surface area contributed by atoms with Crippen LogP contribution in [-0.2, 0) is 6.42 Å². The monoisotopic (exact) mass is 295 g/mol. The largest absolute Gasteiger partial charge is 0.353 e. The first kappa shape index (κ1) is 15.6. The summed E-state index contributed by atoms with van der Waals surface area (Å²) >= 11 is 6.31. The predicted octanol–water partition coefficient (Wildman–Crippen LogP) is 4.41. The van der Waals surface area contributed by atoms with E-state index in [0.717, 1.165) is 36.6 Å². The summed E-state index contributed by atoms with van der Waals surface area (Å²) in [5, 5.41) is 0.619. The number of hydrogen-bond acceptors (Lipinski definition) is 3. The van der Waals surface area contributed by atoms with Crippen molar-refractivity contribution in [1.82, 2.24) is 9.97 Å². The molecule has 0 radical (unpaired) electrons. The molecule has 0 aromatic carbocycles. The van der Waals surface area contributed by atoms with Crippen molar-refractivity contribution in [2.75, 3.05) is 11.4 Å². The van der Waals surface area contributed by atoms with Crippen LogP contribution in [0.4, 0.5) is 5.82 Å². The highest BCUT2D eigenvalue weighted by Gasteiger charge is 2.31. The minimum Gasteiger partial charge on any atom is -0.353 e. The van der Waals surface area contributed by atoms with E-state index >= 15 is 0 Å². The molecule has 1 aromatic heterocycles. The molecule has 1 heterocycles. The number of rotatable bonds is 7. The maximum Gasteiger partial charge on any atom is 0.137 e. The fourth-order valence-corrected chi connectivity index (χ4v) is 2.56. The number of anilines is 1. The Bertz CT molecular complexity index is 455. The van der Waals surface area contributed by atoms with Crippen LogP contribution < -0.4 is 4.90 Å². The standard InChI is InChI=1S/C16H26ClN3/c1-5-6-14-18-15(17)12(4)16(19-14)20(13-7-8-13)10-9-11(2)3/h11,13H,5-10H2,1-4H3. The van der Waals surface area contributed by atoms with Crippen LogP contribution in [0.5, 0.6) is 0 Å². The lowest BCUT2D eigenvalue weighted by Crippen LogP contribution is -2.30. The summed E-state index contributed by atoms with van der Waals surface area (Å²) in [6, 6.07) is 0.660. The molecule has 0 aliphatic heterocycles. The zero-order valence-corrected chi connectivity index (χ0v) is 13.9. The molecule has 0 unspecified atom stereocenters. The van der Waals surface area contributed by atoms with Crippen molar-refractivity contribution < 1.29 is 0 Å². The molecule has 0 amide bonds. The Hall–Kier alpha value is -0.830. The van der Waals surface area contributed by atoms with Gasteiger partial charge in [0.2, 0.25) is 0 Å². The van der Waals surface area contributed by atoms with Crippen LogP contribution in [0.25, 0.3) is 0 Å². The summed E-state index contributed by atoms with van der Waals surface area (Å²) in [6.45, 7) is 9.80. The summed E-state index contributed by atoms with van der Waals surface area (Å²) in [6.07, 6.45) is 5.70. The van der Waals surface area contributed by atoms with Crippen molar-refractivity contribution in [3.8, 4) is 0 Å². The first-order chi connectivity index (χ1) is 9.52. The Labute approximate surface area is 127 Å². The van der Waals surface area contributed by atoms with Gasteiger partial charge in [-0.1, -0.05) is 32.4 Å². The zero-order valence-electron chi connectivity index (χ0n) is 13.1. The van der Waals surface area contributed by atoms with Crippen LogP contribution in [0.15, 0.2) is 0 Å². The summed E-state index contributed by atoms with van der Waals surface area (Å²) in [7, 11) is 0. The second-order valence-corrected chi connectivity index (χ2v) is 6.59. The maximum absolute atomic E-state index is 6.31. The van der Waals surface area contributed by atoms with Gasteiger partial charge in [-0.3, -0.25) is 0 Å². The van der Waals surface area contributed by atoms with Crippen molar-refractivity contribution in [3.63, 3.8) is 0 Å². The Morgan fingerprint density at radius 3 is 2.55 bits per heavy atom. The van der Waals surface area contributed by atoms with E-state index in [1.54, 1.807) is 0 Å². The summed E-state index contributed by atoms with van der Waals surface area (Å²) < 4.78 is 0. The molecule has 0 atom stereocenters. The maximum atomic E-state index is 6.31. The summed E-state index contributed by atoms with van der Waals surface area (Å²) in [5.74, 6) is 2.66. The third kappa shape index (κ3) is 3.85. The van der Waals surface area contributed by atoms with Gasteiger partial charge in [-0.25, -0.2) is 9.97 Å². The number of aryl methyl sites for hydroxylation is 1. The van der Waals surface area contributed by atoms with Gasteiger partial charge in [0.05, 0.1) is 0 Å². The molecular weight excluding hydrogens is 270 g/mol. The molecule has 4 heteroatoms. The second-order valence-electron chi connectivity index (χ2n) is 6.24. The fourth-order valence-electron chi connectivity index (χ4n) is 2.38. The number of nitrogens with zero attached hydrogens (tertiary/aromatic N) is 3. The molecule has 112 valence electrons. The first-order valence-electron chi connectivity index (χ1n) is 7.82. The quantitative estimate of drug-likeness (QED) is 0.698. The lowest BCUT2D eigenvalue weighted by molar-refractivity contribution is 0.567. The van der Waals surface area contributed by atoms with Crippen LogP contribution in [0, 0.1) is 12.8 Å². The highest BCUT2D eigenvalue weighted by Crippen LogP contribution is 2.34. The van der Waals surface area contributed by atoms with Crippen LogP contribution in [-0.4, -0.2) is 22.6 Å². The molecular formula is C16H26ClN3. The molecule has 1 saturated carbocycles. The van der Waals surface area contributed by atoms with Gasteiger partial charge >= 0.3 is 0 Å². The second kappa shape index (κ2) is 6.75. The van der Waals surface area contributed by atoms with Gasteiger partial charge in [0, 0.05) is 24.6 Å². The topological polar surface area (TPSA) is 29.0 Å². The van der Waals surface area contributed by atoms with E-state index in [1.807, 2.05) is 6.92 Å². The molecule has 1 aliphatic rings. The Morgan fingerprint density at radius 1 is 1.30 bits per heavy atom. The van der Waals surface area contributed by atoms with E-state index < -0.39 is 0 Å². The molecule has 20 heavy (non-hydrogen) atoms. The van der Waals surface area contributed by atoms with Crippen LogP contribution in [0.1, 0.15) is 57.8 Å². The van der Waals surface area contributed by atoms with E-state index in [9.17, 15) is 0 Å². The lowest BCUT2D eigenvalue weighted by Gasteiger charge is -2.26. The van der Waals surface area contributed by atoms with Gasteiger partial charge < -0.3 is 4.90 Å². The van der Waals surface area contributed by atoms with E-state index in [2.05, 4.69) is 30.7 Å².